The normalized spacial score (nSPS) is 18.9. The summed E-state index contributed by atoms with van der Waals surface area (Å²) < 4.78 is 38.5. The molecule has 0 bridgehead atoms. The van der Waals surface area contributed by atoms with Gasteiger partial charge in [0.1, 0.15) is 5.82 Å². The fraction of sp³-hybridized carbons (Fsp3) is 0.278. The number of carbonyl (C=O) groups is 1. The lowest BCUT2D eigenvalue weighted by molar-refractivity contribution is 0.0676. The van der Waals surface area contributed by atoms with Crippen LogP contribution in [0.2, 0.25) is 0 Å². The monoisotopic (exact) mass is 425 g/mol. The van der Waals surface area contributed by atoms with E-state index in [1.165, 1.54) is 23.1 Å². The van der Waals surface area contributed by atoms with Gasteiger partial charge in [0, 0.05) is 17.1 Å². The van der Waals surface area contributed by atoms with Gasteiger partial charge in [-0.1, -0.05) is 46.3 Å². The van der Waals surface area contributed by atoms with Crippen LogP contribution in [0.5, 0.6) is 0 Å². The van der Waals surface area contributed by atoms with Crippen LogP contribution in [0.1, 0.15) is 22.3 Å². The Hall–Kier alpha value is -1.73. The summed E-state index contributed by atoms with van der Waals surface area (Å²) in [5.41, 5.74) is 0.810. The van der Waals surface area contributed by atoms with E-state index in [-0.39, 0.29) is 23.6 Å². The van der Waals surface area contributed by atoms with E-state index in [4.69, 9.17) is 0 Å². The van der Waals surface area contributed by atoms with Crippen molar-refractivity contribution in [3.63, 3.8) is 0 Å². The number of halogens is 2. The number of rotatable bonds is 4. The summed E-state index contributed by atoms with van der Waals surface area (Å²) in [5.74, 6) is -1.14. The van der Waals surface area contributed by atoms with E-state index in [0.29, 0.717) is 10.9 Å². The van der Waals surface area contributed by atoms with Gasteiger partial charge in [-0.2, -0.15) is 0 Å². The molecule has 0 aromatic heterocycles. The fourth-order valence-electron chi connectivity index (χ4n) is 2.98. The van der Waals surface area contributed by atoms with Gasteiger partial charge in [0.05, 0.1) is 17.1 Å². The predicted molar refractivity (Wildman–Crippen MR) is 97.5 cm³/mol. The molecular weight excluding hydrogens is 409 g/mol. The van der Waals surface area contributed by atoms with Gasteiger partial charge < -0.3 is 4.90 Å². The van der Waals surface area contributed by atoms with Crippen molar-refractivity contribution in [1.29, 1.82) is 0 Å². The molecule has 2 aromatic carbocycles. The summed E-state index contributed by atoms with van der Waals surface area (Å²) in [5, 5.41) is 0. The molecule has 0 radical (unpaired) electrons. The summed E-state index contributed by atoms with van der Waals surface area (Å²) in [6.07, 6.45) is 0.372. The fourth-order valence-corrected chi connectivity index (χ4v) is 5.08. The molecule has 0 aliphatic carbocycles. The third-order valence-corrected chi connectivity index (χ3v) is 6.51. The first-order valence-corrected chi connectivity index (χ1v) is 10.5. The van der Waals surface area contributed by atoms with Crippen molar-refractivity contribution < 1.29 is 17.6 Å². The standard InChI is InChI=1S/C18H17BrFNO3S/c19-14-6-7-17(20)16(10-14)18(22)21(11-13-4-2-1-3-5-13)15-8-9-25(23,24)12-15/h1-7,10,15H,8-9,11-12H2. The summed E-state index contributed by atoms with van der Waals surface area (Å²) in [6.45, 7) is 0.242. The Morgan fingerprint density at radius 2 is 1.92 bits per heavy atom. The van der Waals surface area contributed by atoms with E-state index in [2.05, 4.69) is 15.9 Å². The number of benzene rings is 2. The molecule has 1 aliphatic heterocycles. The van der Waals surface area contributed by atoms with Crippen LogP contribution >= 0.6 is 15.9 Å². The lowest BCUT2D eigenvalue weighted by atomic mass is 10.1. The highest BCUT2D eigenvalue weighted by Crippen LogP contribution is 2.24. The molecule has 1 fully saturated rings. The molecule has 1 heterocycles. The molecule has 0 saturated carbocycles. The molecule has 1 unspecified atom stereocenters. The highest BCUT2D eigenvalue weighted by Gasteiger charge is 2.35. The average molecular weight is 426 g/mol. The first kappa shape index (κ1) is 18.1. The molecule has 1 atom stereocenters. The molecule has 1 aliphatic rings. The lowest BCUT2D eigenvalue weighted by Crippen LogP contribution is -2.41. The zero-order chi connectivity index (χ0) is 18.0. The molecule has 4 nitrogen and oxygen atoms in total. The third-order valence-electron chi connectivity index (χ3n) is 4.26. The number of carbonyl (C=O) groups excluding carboxylic acids is 1. The van der Waals surface area contributed by atoms with Gasteiger partial charge in [-0.3, -0.25) is 4.79 Å². The molecule has 25 heavy (non-hydrogen) atoms. The highest BCUT2D eigenvalue weighted by molar-refractivity contribution is 9.10. The summed E-state index contributed by atoms with van der Waals surface area (Å²) in [7, 11) is -3.16. The van der Waals surface area contributed by atoms with Crippen molar-refractivity contribution >= 4 is 31.7 Å². The molecule has 3 rings (SSSR count). The first-order valence-electron chi connectivity index (χ1n) is 7.86. The van der Waals surface area contributed by atoms with E-state index >= 15 is 0 Å². The highest BCUT2D eigenvalue weighted by atomic mass is 79.9. The number of sulfone groups is 1. The number of hydrogen-bond acceptors (Lipinski definition) is 3. The number of hydrogen-bond donors (Lipinski definition) is 0. The maximum Gasteiger partial charge on any atom is 0.257 e. The number of nitrogens with zero attached hydrogens (tertiary/aromatic N) is 1. The smallest absolute Gasteiger partial charge is 0.257 e. The van der Waals surface area contributed by atoms with Gasteiger partial charge in [-0.15, -0.1) is 0 Å². The Labute approximate surface area is 154 Å². The average Bonchev–Trinajstić information content (AvgIpc) is 2.95. The van der Waals surface area contributed by atoms with E-state index in [9.17, 15) is 17.6 Å². The Morgan fingerprint density at radius 3 is 2.56 bits per heavy atom. The van der Waals surface area contributed by atoms with Gasteiger partial charge in [0.25, 0.3) is 5.91 Å². The Morgan fingerprint density at radius 1 is 1.20 bits per heavy atom. The molecule has 2 aromatic rings. The minimum Gasteiger partial charge on any atom is -0.330 e. The van der Waals surface area contributed by atoms with Crippen LogP contribution in [-0.4, -0.2) is 36.8 Å². The second-order valence-electron chi connectivity index (χ2n) is 6.10. The van der Waals surface area contributed by atoms with Crippen molar-refractivity contribution in [3.05, 3.63) is 69.9 Å². The molecule has 1 saturated heterocycles. The van der Waals surface area contributed by atoms with Crippen LogP contribution in [0.3, 0.4) is 0 Å². The van der Waals surface area contributed by atoms with Gasteiger partial charge in [-0.25, -0.2) is 12.8 Å². The minimum absolute atomic E-state index is 0.0528. The van der Waals surface area contributed by atoms with E-state index < -0.39 is 27.6 Å². The van der Waals surface area contributed by atoms with Crippen LogP contribution in [0.15, 0.2) is 53.0 Å². The third kappa shape index (κ3) is 4.27. The van der Waals surface area contributed by atoms with Gasteiger partial charge >= 0.3 is 0 Å². The summed E-state index contributed by atoms with van der Waals surface area (Å²) >= 11 is 3.25. The molecular formula is C18H17BrFNO3S. The van der Waals surface area contributed by atoms with Crippen LogP contribution < -0.4 is 0 Å². The van der Waals surface area contributed by atoms with Crippen LogP contribution in [0.4, 0.5) is 4.39 Å². The van der Waals surface area contributed by atoms with Crippen molar-refractivity contribution in [1.82, 2.24) is 4.90 Å². The van der Waals surface area contributed by atoms with Gasteiger partial charge in [0.15, 0.2) is 9.84 Å². The van der Waals surface area contributed by atoms with Gasteiger partial charge in [-0.05, 0) is 30.2 Å². The second-order valence-corrected chi connectivity index (χ2v) is 9.24. The Kier molecular flexibility index (Phi) is 5.24. The van der Waals surface area contributed by atoms with Crippen molar-refractivity contribution in [2.24, 2.45) is 0 Å². The molecule has 0 spiro atoms. The minimum atomic E-state index is -3.16. The van der Waals surface area contributed by atoms with Crippen LogP contribution in [0, 0.1) is 5.82 Å². The quantitative estimate of drug-likeness (QED) is 0.753. The maximum absolute atomic E-state index is 14.2. The van der Waals surface area contributed by atoms with Crippen LogP contribution in [0.25, 0.3) is 0 Å². The Bertz CT molecular complexity index is 886. The SMILES string of the molecule is O=C(c1cc(Br)ccc1F)N(Cc1ccccc1)C1CCS(=O)(=O)C1. The molecule has 132 valence electrons. The number of amides is 1. The van der Waals surface area contributed by atoms with E-state index in [1.807, 2.05) is 30.3 Å². The van der Waals surface area contributed by atoms with Gasteiger partial charge in [0.2, 0.25) is 0 Å². The van der Waals surface area contributed by atoms with E-state index in [0.717, 1.165) is 5.56 Å². The second kappa shape index (κ2) is 7.25. The summed E-state index contributed by atoms with van der Waals surface area (Å²) in [4.78, 5) is 14.5. The van der Waals surface area contributed by atoms with E-state index in [1.54, 1.807) is 0 Å². The molecule has 0 N–H and O–H groups in total. The zero-order valence-electron chi connectivity index (χ0n) is 13.4. The summed E-state index contributed by atoms with van der Waals surface area (Å²) in [6, 6.07) is 13.0. The topological polar surface area (TPSA) is 54.5 Å². The van der Waals surface area contributed by atoms with Crippen molar-refractivity contribution in [2.45, 2.75) is 19.0 Å². The zero-order valence-corrected chi connectivity index (χ0v) is 15.8. The molecule has 7 heteroatoms. The first-order chi connectivity index (χ1) is 11.9. The molecule has 1 amide bonds. The Balaban J connectivity index is 1.95. The van der Waals surface area contributed by atoms with Crippen molar-refractivity contribution in [3.8, 4) is 0 Å². The van der Waals surface area contributed by atoms with Crippen molar-refractivity contribution in [2.75, 3.05) is 11.5 Å². The largest absolute Gasteiger partial charge is 0.330 e. The lowest BCUT2D eigenvalue weighted by Gasteiger charge is -2.28. The van der Waals surface area contributed by atoms with Crippen LogP contribution in [-0.2, 0) is 16.4 Å². The maximum atomic E-state index is 14.2. The predicted octanol–water partition coefficient (Wildman–Crippen LogP) is 3.42.